The van der Waals surface area contributed by atoms with Crippen LogP contribution in [0.1, 0.15) is 55.4 Å². The van der Waals surface area contributed by atoms with Gasteiger partial charge in [0.2, 0.25) is 0 Å². The predicted octanol–water partition coefficient (Wildman–Crippen LogP) is 6.79. The number of thiophene rings is 1. The number of likely N-dealkylation sites (N-methyl/N-ethyl adjacent to an activating group) is 1. The molecule has 5 heteroatoms. The van der Waals surface area contributed by atoms with E-state index in [1.54, 1.807) is 24.3 Å². The molecule has 32 heavy (non-hydrogen) atoms. The third-order valence-electron chi connectivity index (χ3n) is 5.26. The summed E-state index contributed by atoms with van der Waals surface area (Å²) in [5, 5.41) is 0. The smallest absolute Gasteiger partial charge is 0.150 e. The van der Waals surface area contributed by atoms with Crippen LogP contribution >= 0.6 is 11.3 Å². The second-order valence-corrected chi connectivity index (χ2v) is 8.93. The first-order valence-electron chi connectivity index (χ1n) is 11.2. The molecule has 0 unspecified atom stereocenters. The van der Waals surface area contributed by atoms with E-state index in [2.05, 4.69) is 63.1 Å². The molecule has 4 nitrogen and oxygen atoms in total. The van der Waals surface area contributed by atoms with E-state index in [4.69, 9.17) is 10.5 Å². The molecule has 2 N–H and O–H groups in total. The van der Waals surface area contributed by atoms with Gasteiger partial charge in [-0.1, -0.05) is 32.0 Å². The van der Waals surface area contributed by atoms with Crippen LogP contribution < -0.4 is 10.6 Å². The zero-order chi connectivity index (χ0) is 23.7. The lowest BCUT2D eigenvalue weighted by molar-refractivity contribution is -0.0112. The number of nitrogens with two attached hydrogens (primary N) is 1. The summed E-state index contributed by atoms with van der Waals surface area (Å²) in [6.45, 7) is 12.2. The number of ether oxygens (including phenoxy) is 1. The maximum Gasteiger partial charge on any atom is 0.150 e. The van der Waals surface area contributed by atoms with Crippen molar-refractivity contribution in [2.45, 2.75) is 46.6 Å². The number of fused-ring (bicyclic) bond motifs is 3. The third-order valence-corrected chi connectivity index (χ3v) is 6.77. The molecule has 2 heterocycles. The molecule has 1 aliphatic heterocycles. The molecule has 0 spiro atoms. The molecular weight excluding hydrogens is 416 g/mol. The predicted molar refractivity (Wildman–Crippen MR) is 139 cm³/mol. The first-order chi connectivity index (χ1) is 15.4. The fourth-order valence-corrected chi connectivity index (χ4v) is 4.85. The molecule has 0 radical (unpaired) electrons. The topological polar surface area (TPSA) is 55.6 Å². The van der Waals surface area contributed by atoms with Crippen LogP contribution in [0.15, 0.2) is 54.6 Å². The first kappa shape index (κ1) is 25.6. The summed E-state index contributed by atoms with van der Waals surface area (Å²) < 4.78 is 5.93. The zero-order valence-corrected chi connectivity index (χ0v) is 21.0. The highest BCUT2D eigenvalue weighted by molar-refractivity contribution is 7.16. The van der Waals surface area contributed by atoms with Crippen molar-refractivity contribution in [3.8, 4) is 10.4 Å². The average molecular weight is 453 g/mol. The van der Waals surface area contributed by atoms with Gasteiger partial charge in [0.25, 0.3) is 0 Å². The van der Waals surface area contributed by atoms with Crippen LogP contribution in [-0.2, 0) is 16.8 Å². The summed E-state index contributed by atoms with van der Waals surface area (Å²) >= 11 is 1.89. The minimum atomic E-state index is -0.202. The Labute approximate surface area is 197 Å². The molecule has 1 aromatic heterocycles. The molecule has 3 aromatic rings. The van der Waals surface area contributed by atoms with Crippen LogP contribution in [0.2, 0.25) is 0 Å². The molecule has 0 bridgehead atoms. The number of benzene rings is 2. The van der Waals surface area contributed by atoms with Crippen molar-refractivity contribution >= 4 is 29.0 Å². The molecule has 4 rings (SSSR count). The van der Waals surface area contributed by atoms with Gasteiger partial charge < -0.3 is 15.4 Å². The minimum Gasteiger partial charge on any atom is -0.399 e. The monoisotopic (exact) mass is 452 g/mol. The summed E-state index contributed by atoms with van der Waals surface area (Å²) in [4.78, 5) is 15.2. The van der Waals surface area contributed by atoms with Crippen LogP contribution in [0.5, 0.6) is 0 Å². The van der Waals surface area contributed by atoms with Crippen molar-refractivity contribution in [1.82, 2.24) is 0 Å². The Kier molecular flexibility index (Phi) is 9.48. The Morgan fingerprint density at radius 1 is 1.12 bits per heavy atom. The van der Waals surface area contributed by atoms with Gasteiger partial charge in [0.1, 0.15) is 6.29 Å². The number of anilines is 2. The zero-order valence-electron chi connectivity index (χ0n) is 20.1. The Balaban J connectivity index is 0.000000277. The van der Waals surface area contributed by atoms with Gasteiger partial charge in [-0.25, -0.2) is 0 Å². The standard InChI is InChI=1S/C18H23NOS.C7H7NO.C2H6/c1-5-20-18(2,3)16-12-13-10-11-19(4)15-9-7-6-8-14(15)17(13)21-16;8-7-3-1-6(5-9)2-4-7;1-2/h6-9,12H,5,10-11H2,1-4H3;1-5H,8H2;1-2H3. The molecule has 0 saturated heterocycles. The SMILES string of the molecule is CC.CCOC(C)(C)c1cc2c(s1)-c1ccccc1N(C)CC2.Nc1ccc(C=O)cc1. The van der Waals surface area contributed by atoms with E-state index >= 15 is 0 Å². The molecule has 0 fully saturated rings. The molecule has 0 atom stereocenters. The van der Waals surface area contributed by atoms with Crippen molar-refractivity contribution in [1.29, 1.82) is 0 Å². The largest absolute Gasteiger partial charge is 0.399 e. The lowest BCUT2D eigenvalue weighted by Gasteiger charge is -2.23. The maximum absolute atomic E-state index is 10.1. The van der Waals surface area contributed by atoms with Crippen LogP contribution in [-0.4, -0.2) is 26.5 Å². The summed E-state index contributed by atoms with van der Waals surface area (Å²) in [5.74, 6) is 0. The van der Waals surface area contributed by atoms with Crippen LogP contribution in [0.3, 0.4) is 0 Å². The summed E-state index contributed by atoms with van der Waals surface area (Å²) in [6.07, 6.45) is 1.89. The first-order valence-corrected chi connectivity index (χ1v) is 12.1. The fraction of sp³-hybridized carbons (Fsp3) is 0.370. The van der Waals surface area contributed by atoms with E-state index in [9.17, 15) is 4.79 Å². The van der Waals surface area contributed by atoms with Crippen LogP contribution in [0.4, 0.5) is 11.4 Å². The molecule has 1 aliphatic rings. The molecule has 172 valence electrons. The number of nitrogen functional groups attached to an aromatic ring is 1. The fourth-order valence-electron chi connectivity index (χ4n) is 3.55. The number of para-hydroxylation sites is 1. The molecule has 2 aromatic carbocycles. The van der Waals surface area contributed by atoms with E-state index in [1.807, 2.05) is 25.2 Å². The maximum atomic E-state index is 10.1. The van der Waals surface area contributed by atoms with Gasteiger partial charge in [0.15, 0.2) is 0 Å². The number of hydrogen-bond donors (Lipinski definition) is 1. The Morgan fingerprint density at radius 2 is 1.78 bits per heavy atom. The van der Waals surface area contributed by atoms with E-state index in [-0.39, 0.29) is 5.60 Å². The van der Waals surface area contributed by atoms with E-state index in [1.165, 1.54) is 26.6 Å². The van der Waals surface area contributed by atoms with Gasteiger partial charge in [0, 0.05) is 52.5 Å². The Hall–Kier alpha value is -2.63. The number of carbonyl (C=O) groups is 1. The van der Waals surface area contributed by atoms with Crippen molar-refractivity contribution in [3.05, 3.63) is 70.6 Å². The summed E-state index contributed by atoms with van der Waals surface area (Å²) in [6, 6.07) is 17.8. The van der Waals surface area contributed by atoms with Crippen LogP contribution in [0, 0.1) is 0 Å². The highest BCUT2D eigenvalue weighted by Gasteiger charge is 2.27. The summed E-state index contributed by atoms with van der Waals surface area (Å²) in [5.41, 5.74) is 10.6. The van der Waals surface area contributed by atoms with E-state index in [0.717, 1.165) is 25.9 Å². The van der Waals surface area contributed by atoms with Crippen molar-refractivity contribution in [2.75, 3.05) is 30.8 Å². The summed E-state index contributed by atoms with van der Waals surface area (Å²) in [7, 11) is 2.18. The molecular formula is C27H36N2O2S. The Bertz CT molecular complexity index is 993. The van der Waals surface area contributed by atoms with Gasteiger partial charge in [-0.15, -0.1) is 11.3 Å². The number of hydrogen-bond acceptors (Lipinski definition) is 5. The highest BCUT2D eigenvalue weighted by atomic mass is 32.1. The lowest BCUT2D eigenvalue weighted by Crippen LogP contribution is -2.20. The average Bonchev–Trinajstić information content (AvgIpc) is 3.20. The van der Waals surface area contributed by atoms with Crippen molar-refractivity contribution in [3.63, 3.8) is 0 Å². The number of carbonyl (C=O) groups excluding carboxylic acids is 1. The highest BCUT2D eigenvalue weighted by Crippen LogP contribution is 2.44. The molecule has 0 saturated carbocycles. The van der Waals surface area contributed by atoms with Gasteiger partial charge >= 0.3 is 0 Å². The molecule has 0 aliphatic carbocycles. The van der Waals surface area contributed by atoms with Crippen LogP contribution in [0.25, 0.3) is 10.4 Å². The number of aldehydes is 1. The van der Waals surface area contributed by atoms with E-state index in [0.29, 0.717) is 11.3 Å². The molecule has 0 amide bonds. The third kappa shape index (κ3) is 6.21. The van der Waals surface area contributed by atoms with Gasteiger partial charge in [-0.05, 0) is 69.2 Å². The lowest BCUT2D eigenvalue weighted by atomic mass is 10.0. The second-order valence-electron chi connectivity index (χ2n) is 7.88. The van der Waals surface area contributed by atoms with Crippen molar-refractivity contribution in [2.24, 2.45) is 0 Å². The second kappa shape index (κ2) is 11.8. The minimum absolute atomic E-state index is 0.202. The van der Waals surface area contributed by atoms with Gasteiger partial charge in [-0.2, -0.15) is 0 Å². The normalized spacial score (nSPS) is 12.2. The van der Waals surface area contributed by atoms with Crippen molar-refractivity contribution < 1.29 is 9.53 Å². The number of rotatable bonds is 4. The van der Waals surface area contributed by atoms with E-state index < -0.39 is 0 Å². The Morgan fingerprint density at radius 3 is 2.41 bits per heavy atom. The quantitative estimate of drug-likeness (QED) is 0.350. The number of nitrogens with zero attached hydrogens (tertiary/aromatic N) is 1. The van der Waals surface area contributed by atoms with Gasteiger partial charge in [-0.3, -0.25) is 4.79 Å². The van der Waals surface area contributed by atoms with Gasteiger partial charge in [0.05, 0.1) is 5.60 Å².